The lowest BCUT2D eigenvalue weighted by molar-refractivity contribution is -0.135. The summed E-state index contributed by atoms with van der Waals surface area (Å²) in [5.41, 5.74) is 0. The highest BCUT2D eigenvalue weighted by Crippen LogP contribution is 1.97. The van der Waals surface area contributed by atoms with Gasteiger partial charge in [0.25, 0.3) is 0 Å². The summed E-state index contributed by atoms with van der Waals surface area (Å²) >= 11 is 4.00. The maximum Gasteiger partial charge on any atom is 0.244 e. The highest BCUT2D eigenvalue weighted by molar-refractivity contribution is 7.81. The predicted octanol–water partition coefficient (Wildman–Crippen LogP) is 0.678. The van der Waals surface area contributed by atoms with Gasteiger partial charge in [-0.25, -0.2) is 0 Å². The van der Waals surface area contributed by atoms with Gasteiger partial charge >= 0.3 is 0 Å². The van der Waals surface area contributed by atoms with E-state index in [0.29, 0.717) is 13.1 Å². The van der Waals surface area contributed by atoms with Gasteiger partial charge in [0.2, 0.25) is 11.8 Å². The minimum absolute atomic E-state index is 0.0534. The number of rotatable bonds is 5. The van der Waals surface area contributed by atoms with Gasteiger partial charge in [-0.15, -0.1) is 0 Å². The molecule has 0 radical (unpaired) electrons. The fourth-order valence-corrected chi connectivity index (χ4v) is 1.28. The van der Waals surface area contributed by atoms with Crippen molar-refractivity contribution in [1.82, 2.24) is 10.2 Å². The van der Waals surface area contributed by atoms with Crippen molar-refractivity contribution in [2.24, 2.45) is 0 Å². The summed E-state index contributed by atoms with van der Waals surface area (Å²) in [5.74, 6) is -0.270. The summed E-state index contributed by atoms with van der Waals surface area (Å²) in [6.07, 6.45) is 0. The lowest BCUT2D eigenvalue weighted by atomic mass is 10.2. The van der Waals surface area contributed by atoms with Crippen molar-refractivity contribution in [3.63, 3.8) is 0 Å². The Morgan fingerprint density at radius 2 is 1.73 bits per heavy atom. The van der Waals surface area contributed by atoms with Gasteiger partial charge in [-0.2, -0.15) is 12.6 Å². The molecule has 15 heavy (non-hydrogen) atoms. The van der Waals surface area contributed by atoms with Gasteiger partial charge in [0.05, 0.1) is 5.25 Å². The minimum atomic E-state index is -0.480. The van der Waals surface area contributed by atoms with Crippen LogP contribution < -0.4 is 5.32 Å². The van der Waals surface area contributed by atoms with Gasteiger partial charge in [-0.05, 0) is 27.7 Å². The average Bonchev–Trinajstić information content (AvgIpc) is 2.19. The topological polar surface area (TPSA) is 49.4 Å². The Morgan fingerprint density at radius 1 is 1.27 bits per heavy atom. The molecule has 5 heteroatoms. The Balaban J connectivity index is 4.26. The Kier molecular flexibility index (Phi) is 6.40. The number of nitrogens with zero attached hydrogens (tertiary/aromatic N) is 1. The number of amides is 2. The number of thiol groups is 1. The van der Waals surface area contributed by atoms with Crippen LogP contribution in [0.25, 0.3) is 0 Å². The van der Waals surface area contributed by atoms with Crippen molar-refractivity contribution in [2.75, 3.05) is 13.1 Å². The average molecular weight is 232 g/mol. The molecule has 4 nitrogen and oxygen atoms in total. The summed E-state index contributed by atoms with van der Waals surface area (Å²) in [6.45, 7) is 8.51. The molecule has 1 N–H and O–H groups in total. The van der Waals surface area contributed by atoms with Crippen molar-refractivity contribution >= 4 is 24.4 Å². The molecule has 0 aromatic heterocycles. The van der Waals surface area contributed by atoms with Crippen molar-refractivity contribution in [3.05, 3.63) is 0 Å². The predicted molar refractivity (Wildman–Crippen MR) is 64.0 cm³/mol. The van der Waals surface area contributed by atoms with Crippen LogP contribution >= 0.6 is 12.6 Å². The molecule has 2 atom stereocenters. The summed E-state index contributed by atoms with van der Waals surface area (Å²) < 4.78 is 0. The summed E-state index contributed by atoms with van der Waals surface area (Å²) in [4.78, 5) is 24.7. The van der Waals surface area contributed by atoms with E-state index in [1.165, 1.54) is 0 Å². The molecule has 0 aliphatic carbocycles. The normalized spacial score (nSPS) is 14.2. The lowest BCUT2D eigenvalue weighted by Gasteiger charge is -2.23. The van der Waals surface area contributed by atoms with Gasteiger partial charge in [-0.3, -0.25) is 9.59 Å². The van der Waals surface area contributed by atoms with E-state index >= 15 is 0 Å². The van der Waals surface area contributed by atoms with Crippen LogP contribution in [0.15, 0.2) is 0 Å². The van der Waals surface area contributed by atoms with E-state index in [9.17, 15) is 9.59 Å². The van der Waals surface area contributed by atoms with Gasteiger partial charge in [0, 0.05) is 13.1 Å². The van der Waals surface area contributed by atoms with Crippen LogP contribution in [0, 0.1) is 0 Å². The van der Waals surface area contributed by atoms with Crippen molar-refractivity contribution in [3.8, 4) is 0 Å². The second-order valence-electron chi connectivity index (χ2n) is 3.42. The highest BCUT2D eigenvalue weighted by Gasteiger charge is 2.20. The standard InChI is InChI=1S/C10H20N2O2S/c1-5-12(6-2)10(14)7(3)11-9(13)8(4)15/h7-8,15H,5-6H2,1-4H3,(H,11,13). The molecule has 0 spiro atoms. The number of likely N-dealkylation sites (N-methyl/N-ethyl adjacent to an activating group) is 1. The second-order valence-corrected chi connectivity index (χ2v) is 4.19. The zero-order chi connectivity index (χ0) is 12.0. The van der Waals surface area contributed by atoms with Gasteiger partial charge in [-0.1, -0.05) is 0 Å². The van der Waals surface area contributed by atoms with Crippen molar-refractivity contribution < 1.29 is 9.59 Å². The van der Waals surface area contributed by atoms with Crippen molar-refractivity contribution in [1.29, 1.82) is 0 Å². The van der Waals surface area contributed by atoms with Crippen LogP contribution in [0.4, 0.5) is 0 Å². The highest BCUT2D eigenvalue weighted by atomic mass is 32.1. The lowest BCUT2D eigenvalue weighted by Crippen LogP contribution is -2.48. The molecular weight excluding hydrogens is 212 g/mol. The third-order valence-corrected chi connectivity index (χ3v) is 2.42. The zero-order valence-corrected chi connectivity index (χ0v) is 10.7. The van der Waals surface area contributed by atoms with Gasteiger partial charge in [0.15, 0.2) is 0 Å². The smallest absolute Gasteiger partial charge is 0.244 e. The molecule has 0 aromatic carbocycles. The fourth-order valence-electron chi connectivity index (χ4n) is 1.20. The molecule has 0 aliphatic heterocycles. The number of nitrogens with one attached hydrogen (secondary N) is 1. The third kappa shape index (κ3) is 4.55. The maximum absolute atomic E-state index is 11.7. The zero-order valence-electron chi connectivity index (χ0n) is 9.78. The van der Waals surface area contributed by atoms with Crippen LogP contribution in [0.1, 0.15) is 27.7 Å². The van der Waals surface area contributed by atoms with E-state index in [1.807, 2.05) is 13.8 Å². The monoisotopic (exact) mass is 232 g/mol. The minimum Gasteiger partial charge on any atom is -0.344 e. The Morgan fingerprint density at radius 3 is 2.07 bits per heavy atom. The Bertz CT molecular complexity index is 227. The largest absolute Gasteiger partial charge is 0.344 e. The molecular formula is C10H20N2O2S. The second kappa shape index (κ2) is 6.71. The molecule has 0 fully saturated rings. The third-order valence-electron chi connectivity index (χ3n) is 2.18. The molecule has 0 aromatic rings. The maximum atomic E-state index is 11.7. The SMILES string of the molecule is CCN(CC)C(=O)C(C)NC(=O)C(C)S. The molecule has 0 saturated heterocycles. The molecule has 0 rings (SSSR count). The van der Waals surface area contributed by atoms with E-state index in [-0.39, 0.29) is 11.8 Å². The molecule has 0 bridgehead atoms. The van der Waals surface area contributed by atoms with Gasteiger partial charge < -0.3 is 10.2 Å². The quantitative estimate of drug-likeness (QED) is 0.685. The Hall–Kier alpha value is -0.710. The van der Waals surface area contributed by atoms with Crippen LogP contribution in [0.2, 0.25) is 0 Å². The van der Waals surface area contributed by atoms with Crippen LogP contribution in [0.3, 0.4) is 0 Å². The molecule has 88 valence electrons. The van der Waals surface area contributed by atoms with E-state index in [2.05, 4.69) is 17.9 Å². The number of carbonyl (C=O) groups excluding carboxylic acids is 2. The number of carbonyl (C=O) groups is 2. The van der Waals surface area contributed by atoms with Crippen LogP contribution in [-0.4, -0.2) is 41.1 Å². The fraction of sp³-hybridized carbons (Fsp3) is 0.800. The molecule has 0 aliphatic rings. The first-order chi connectivity index (χ1) is 6.93. The van der Waals surface area contributed by atoms with Crippen molar-refractivity contribution in [2.45, 2.75) is 39.0 Å². The van der Waals surface area contributed by atoms with E-state index < -0.39 is 11.3 Å². The summed E-state index contributed by atoms with van der Waals surface area (Å²) in [5, 5.41) is 2.23. The summed E-state index contributed by atoms with van der Waals surface area (Å²) in [7, 11) is 0. The van der Waals surface area contributed by atoms with Gasteiger partial charge in [0.1, 0.15) is 6.04 Å². The molecule has 0 saturated carbocycles. The van der Waals surface area contributed by atoms with Crippen LogP contribution in [-0.2, 0) is 9.59 Å². The first-order valence-electron chi connectivity index (χ1n) is 5.21. The molecule has 2 unspecified atom stereocenters. The van der Waals surface area contributed by atoms with E-state index in [0.717, 1.165) is 0 Å². The summed E-state index contributed by atoms with van der Waals surface area (Å²) in [6, 6.07) is -0.480. The first-order valence-corrected chi connectivity index (χ1v) is 5.72. The molecule has 2 amide bonds. The Labute approximate surface area is 96.8 Å². The first kappa shape index (κ1) is 14.3. The number of hydrogen-bond acceptors (Lipinski definition) is 3. The number of hydrogen-bond donors (Lipinski definition) is 2. The van der Waals surface area contributed by atoms with Crippen LogP contribution in [0.5, 0.6) is 0 Å². The van der Waals surface area contributed by atoms with E-state index in [1.54, 1.807) is 18.7 Å². The van der Waals surface area contributed by atoms with E-state index in [4.69, 9.17) is 0 Å². The molecule has 0 heterocycles.